The van der Waals surface area contributed by atoms with Gasteiger partial charge >= 0.3 is 6.18 Å². The number of aryl methyl sites for hydroxylation is 1. The highest BCUT2D eigenvalue weighted by Gasteiger charge is 2.30. The maximum atomic E-state index is 12.6. The molecule has 1 amide bonds. The number of pyridine rings is 1. The second-order valence-corrected chi connectivity index (χ2v) is 6.34. The van der Waals surface area contributed by atoms with Crippen LogP contribution in [-0.2, 0) is 12.7 Å². The predicted octanol–water partition coefficient (Wildman–Crippen LogP) is 4.71. The van der Waals surface area contributed by atoms with E-state index in [0.29, 0.717) is 11.4 Å². The number of nitrogens with two attached hydrogens (primary N) is 1. The largest absolute Gasteiger partial charge is 0.457 e. The number of nitrogens with zero attached hydrogens (tertiary/aromatic N) is 1. The Kier molecular flexibility index (Phi) is 5.72. The second-order valence-electron chi connectivity index (χ2n) is 6.34. The maximum absolute atomic E-state index is 12.6. The third kappa shape index (κ3) is 5.25. The molecule has 0 aliphatic heterocycles. The van der Waals surface area contributed by atoms with Crippen LogP contribution in [0.1, 0.15) is 27.2 Å². The van der Waals surface area contributed by atoms with E-state index in [4.69, 9.17) is 10.5 Å². The van der Waals surface area contributed by atoms with Gasteiger partial charge in [0.25, 0.3) is 5.91 Å². The molecule has 1 heterocycles. The van der Waals surface area contributed by atoms with Gasteiger partial charge in [-0.05, 0) is 61.0 Å². The fourth-order valence-electron chi connectivity index (χ4n) is 2.61. The molecule has 0 atom stereocenters. The summed E-state index contributed by atoms with van der Waals surface area (Å²) in [4.78, 5) is 16.3. The fourth-order valence-corrected chi connectivity index (χ4v) is 2.61. The van der Waals surface area contributed by atoms with E-state index in [1.54, 1.807) is 43.3 Å². The second kappa shape index (κ2) is 8.22. The minimum atomic E-state index is -4.40. The zero-order valence-corrected chi connectivity index (χ0v) is 15.5. The minimum absolute atomic E-state index is 0.155. The lowest BCUT2D eigenvalue weighted by molar-refractivity contribution is -0.137. The maximum Gasteiger partial charge on any atom is 0.416 e. The number of carbonyl (C=O) groups excluding carboxylic acids is 1. The summed E-state index contributed by atoms with van der Waals surface area (Å²) in [6.45, 7) is 2.00. The van der Waals surface area contributed by atoms with Gasteiger partial charge in [0.05, 0.1) is 11.1 Å². The summed E-state index contributed by atoms with van der Waals surface area (Å²) in [5.74, 6) is 0.511. The Morgan fingerprint density at radius 2 is 1.79 bits per heavy atom. The van der Waals surface area contributed by atoms with Crippen molar-refractivity contribution in [1.29, 1.82) is 0 Å². The zero-order chi connectivity index (χ0) is 21.0. The first kappa shape index (κ1) is 20.2. The molecule has 0 aliphatic rings. The number of alkyl halides is 3. The van der Waals surface area contributed by atoms with Crippen molar-refractivity contribution in [3.8, 4) is 11.5 Å². The quantitative estimate of drug-likeness (QED) is 0.649. The Labute approximate surface area is 165 Å². The third-order valence-corrected chi connectivity index (χ3v) is 4.08. The molecule has 1 aromatic heterocycles. The van der Waals surface area contributed by atoms with Gasteiger partial charge < -0.3 is 15.8 Å². The Balaban J connectivity index is 1.64. The zero-order valence-electron chi connectivity index (χ0n) is 15.5. The number of ether oxygens (including phenoxy) is 1. The van der Waals surface area contributed by atoms with Gasteiger partial charge in [-0.1, -0.05) is 12.1 Å². The molecular weight excluding hydrogens is 383 g/mol. The predicted molar refractivity (Wildman–Crippen MR) is 103 cm³/mol. The Bertz CT molecular complexity index is 1020. The number of aromatic nitrogens is 1. The number of hydrogen-bond donors (Lipinski definition) is 2. The Hall–Kier alpha value is -3.55. The molecule has 0 radical (unpaired) electrons. The van der Waals surface area contributed by atoms with Gasteiger partial charge in [-0.3, -0.25) is 4.79 Å². The monoisotopic (exact) mass is 401 g/mol. The average Bonchev–Trinajstić information content (AvgIpc) is 2.66. The smallest absolute Gasteiger partial charge is 0.416 e. The summed E-state index contributed by atoms with van der Waals surface area (Å²) in [7, 11) is 0. The van der Waals surface area contributed by atoms with Gasteiger partial charge in [0.2, 0.25) is 0 Å². The molecule has 3 aromatic rings. The lowest BCUT2D eigenvalue weighted by Crippen LogP contribution is -2.24. The van der Waals surface area contributed by atoms with Gasteiger partial charge in [0.15, 0.2) is 0 Å². The van der Waals surface area contributed by atoms with Crippen molar-refractivity contribution in [2.24, 2.45) is 0 Å². The highest BCUT2D eigenvalue weighted by molar-refractivity contribution is 5.98. The molecule has 0 aliphatic carbocycles. The van der Waals surface area contributed by atoms with Crippen molar-refractivity contribution in [3.05, 3.63) is 83.0 Å². The van der Waals surface area contributed by atoms with E-state index in [9.17, 15) is 18.0 Å². The van der Waals surface area contributed by atoms with E-state index in [1.165, 1.54) is 12.1 Å². The molecule has 0 bridgehead atoms. The van der Waals surface area contributed by atoms with Gasteiger partial charge in [0.1, 0.15) is 17.3 Å². The van der Waals surface area contributed by atoms with Crippen LogP contribution in [0.3, 0.4) is 0 Å². The molecule has 0 spiro atoms. The first-order valence-electron chi connectivity index (χ1n) is 8.68. The number of rotatable bonds is 5. The van der Waals surface area contributed by atoms with Crippen molar-refractivity contribution < 1.29 is 22.7 Å². The summed E-state index contributed by atoms with van der Waals surface area (Å²) in [5.41, 5.74) is 6.78. The minimum Gasteiger partial charge on any atom is -0.457 e. The average molecular weight is 401 g/mol. The van der Waals surface area contributed by atoms with Crippen LogP contribution >= 0.6 is 0 Å². The molecule has 0 unspecified atom stereocenters. The number of amides is 1. The molecule has 2 aromatic carbocycles. The van der Waals surface area contributed by atoms with Crippen LogP contribution in [0.4, 0.5) is 19.0 Å². The van der Waals surface area contributed by atoms with Crippen molar-refractivity contribution in [2.45, 2.75) is 19.6 Å². The van der Waals surface area contributed by atoms with Gasteiger partial charge in [-0.15, -0.1) is 0 Å². The highest BCUT2D eigenvalue weighted by atomic mass is 19.4. The molecule has 29 heavy (non-hydrogen) atoms. The number of benzene rings is 2. The van der Waals surface area contributed by atoms with Gasteiger partial charge in [-0.25, -0.2) is 4.98 Å². The first-order chi connectivity index (χ1) is 13.7. The van der Waals surface area contributed by atoms with E-state index < -0.39 is 11.7 Å². The number of carbonyl (C=O) groups is 1. The molecule has 3 N–H and O–H groups in total. The number of anilines is 1. The number of hydrogen-bond acceptors (Lipinski definition) is 4. The SMILES string of the molecule is Cc1ccc(C(=O)NCc2cccc(Oc3ccc(C(F)(F)F)cc3)c2)c(N)n1. The van der Waals surface area contributed by atoms with E-state index in [-0.39, 0.29) is 29.6 Å². The summed E-state index contributed by atoms with van der Waals surface area (Å²) in [6, 6.07) is 14.6. The van der Waals surface area contributed by atoms with Crippen LogP contribution in [-0.4, -0.2) is 10.9 Å². The van der Waals surface area contributed by atoms with E-state index >= 15 is 0 Å². The number of nitrogen functional groups attached to an aromatic ring is 1. The molecule has 0 fully saturated rings. The summed E-state index contributed by atoms with van der Waals surface area (Å²) >= 11 is 0. The van der Waals surface area contributed by atoms with Gasteiger partial charge in [0, 0.05) is 12.2 Å². The van der Waals surface area contributed by atoms with Crippen molar-refractivity contribution in [2.75, 3.05) is 5.73 Å². The van der Waals surface area contributed by atoms with Crippen LogP contribution in [0.15, 0.2) is 60.7 Å². The van der Waals surface area contributed by atoms with Crippen molar-refractivity contribution >= 4 is 11.7 Å². The van der Waals surface area contributed by atoms with E-state index in [2.05, 4.69) is 10.3 Å². The summed E-state index contributed by atoms with van der Waals surface area (Å²) in [6.07, 6.45) is -4.40. The normalized spacial score (nSPS) is 11.2. The van der Waals surface area contributed by atoms with Crippen LogP contribution in [0.25, 0.3) is 0 Å². The molecule has 5 nitrogen and oxygen atoms in total. The van der Waals surface area contributed by atoms with Crippen LogP contribution < -0.4 is 15.8 Å². The van der Waals surface area contributed by atoms with Crippen molar-refractivity contribution in [1.82, 2.24) is 10.3 Å². The summed E-state index contributed by atoms with van der Waals surface area (Å²) < 4.78 is 43.5. The van der Waals surface area contributed by atoms with Gasteiger partial charge in [-0.2, -0.15) is 13.2 Å². The Morgan fingerprint density at radius 1 is 1.07 bits per heavy atom. The molecular formula is C21H18F3N3O2. The third-order valence-electron chi connectivity index (χ3n) is 4.08. The van der Waals surface area contributed by atoms with Crippen molar-refractivity contribution in [3.63, 3.8) is 0 Å². The molecule has 0 saturated carbocycles. The van der Waals surface area contributed by atoms with Crippen LogP contribution in [0.2, 0.25) is 0 Å². The fraction of sp³-hybridized carbons (Fsp3) is 0.143. The molecule has 8 heteroatoms. The standard InChI is InChI=1S/C21H18F3N3O2/c1-13-5-10-18(19(25)27-13)20(28)26-12-14-3-2-4-17(11-14)29-16-8-6-15(7-9-16)21(22,23)24/h2-11H,12H2,1H3,(H2,25,27)(H,26,28). The lowest BCUT2D eigenvalue weighted by Gasteiger charge is -2.11. The highest BCUT2D eigenvalue weighted by Crippen LogP contribution is 2.31. The topological polar surface area (TPSA) is 77.2 Å². The van der Waals surface area contributed by atoms with E-state index in [0.717, 1.165) is 17.7 Å². The Morgan fingerprint density at radius 3 is 2.45 bits per heavy atom. The number of nitrogens with one attached hydrogen (secondary N) is 1. The lowest BCUT2D eigenvalue weighted by atomic mass is 10.2. The molecule has 0 saturated heterocycles. The molecule has 150 valence electrons. The van der Waals surface area contributed by atoms with E-state index in [1.807, 2.05) is 0 Å². The first-order valence-corrected chi connectivity index (χ1v) is 8.68. The van der Waals surface area contributed by atoms with Crippen LogP contribution in [0, 0.1) is 6.92 Å². The summed E-state index contributed by atoms with van der Waals surface area (Å²) in [5, 5.41) is 2.75. The van der Waals surface area contributed by atoms with Crippen LogP contribution in [0.5, 0.6) is 11.5 Å². The number of halogens is 3. The molecule has 3 rings (SSSR count).